The van der Waals surface area contributed by atoms with Crippen LogP contribution in [-0.2, 0) is 11.2 Å². The van der Waals surface area contributed by atoms with E-state index in [-0.39, 0.29) is 11.3 Å². The molecule has 3 N–H and O–H groups in total. The summed E-state index contributed by atoms with van der Waals surface area (Å²) < 4.78 is 0. The first kappa shape index (κ1) is 16.7. The van der Waals surface area contributed by atoms with Crippen molar-refractivity contribution in [3.63, 3.8) is 0 Å². The highest BCUT2D eigenvalue weighted by Crippen LogP contribution is 2.14. The Labute approximate surface area is 122 Å². The summed E-state index contributed by atoms with van der Waals surface area (Å²) in [6.07, 6.45) is 0.967. The minimum Gasteiger partial charge on any atom is -0.330 e. The van der Waals surface area contributed by atoms with Crippen LogP contribution in [0.1, 0.15) is 26.3 Å². The lowest BCUT2D eigenvalue weighted by atomic mass is 9.93. The van der Waals surface area contributed by atoms with Crippen LogP contribution in [0.15, 0.2) is 24.3 Å². The zero-order valence-corrected chi connectivity index (χ0v) is 13.1. The Morgan fingerprint density at radius 2 is 2.10 bits per heavy atom. The predicted molar refractivity (Wildman–Crippen MR) is 84.8 cm³/mol. The molecule has 0 aromatic heterocycles. The summed E-state index contributed by atoms with van der Waals surface area (Å²) >= 11 is 0. The van der Waals surface area contributed by atoms with Crippen LogP contribution in [0.5, 0.6) is 0 Å². The molecule has 1 amide bonds. The van der Waals surface area contributed by atoms with Gasteiger partial charge in [-0.05, 0) is 43.1 Å². The molecule has 0 heterocycles. The number of anilines is 1. The van der Waals surface area contributed by atoms with Gasteiger partial charge in [0.15, 0.2) is 0 Å². The average molecular weight is 277 g/mol. The van der Waals surface area contributed by atoms with Crippen molar-refractivity contribution < 1.29 is 4.79 Å². The summed E-state index contributed by atoms with van der Waals surface area (Å²) in [4.78, 5) is 14.0. The zero-order chi connectivity index (χ0) is 15.2. The minimum absolute atomic E-state index is 0.00794. The first-order valence-electron chi connectivity index (χ1n) is 7.13. The Morgan fingerprint density at radius 1 is 1.40 bits per heavy atom. The quantitative estimate of drug-likeness (QED) is 0.802. The van der Waals surface area contributed by atoms with Crippen LogP contribution in [-0.4, -0.2) is 37.5 Å². The number of likely N-dealkylation sites (N-methyl/N-ethyl adjacent to an activating group) is 1. The number of benzene rings is 1. The summed E-state index contributed by atoms with van der Waals surface area (Å²) in [5.74, 6) is 0.00794. The van der Waals surface area contributed by atoms with Crippen LogP contribution in [0.25, 0.3) is 0 Å². The highest BCUT2D eigenvalue weighted by molar-refractivity contribution is 5.92. The SMILES string of the molecule is CCc1cccc(NC(=O)CN(C)CC(C)(C)CN)c1. The molecule has 0 radical (unpaired) electrons. The Balaban J connectivity index is 2.50. The fourth-order valence-electron chi connectivity index (χ4n) is 2.17. The van der Waals surface area contributed by atoms with Crippen molar-refractivity contribution in [2.24, 2.45) is 11.1 Å². The zero-order valence-electron chi connectivity index (χ0n) is 13.1. The molecule has 0 aliphatic rings. The van der Waals surface area contributed by atoms with E-state index >= 15 is 0 Å². The molecule has 20 heavy (non-hydrogen) atoms. The number of carbonyl (C=O) groups is 1. The van der Waals surface area contributed by atoms with Gasteiger partial charge in [0.1, 0.15) is 0 Å². The van der Waals surface area contributed by atoms with Crippen LogP contribution in [0.2, 0.25) is 0 Å². The standard InChI is InChI=1S/C16H27N3O/c1-5-13-7-6-8-14(9-13)18-15(20)10-19(4)12-16(2,3)11-17/h6-9H,5,10-12,17H2,1-4H3,(H,18,20). The van der Waals surface area contributed by atoms with E-state index in [1.165, 1.54) is 5.56 Å². The topological polar surface area (TPSA) is 58.4 Å². The first-order valence-corrected chi connectivity index (χ1v) is 7.13. The van der Waals surface area contributed by atoms with Crippen LogP contribution >= 0.6 is 0 Å². The lowest BCUT2D eigenvalue weighted by molar-refractivity contribution is -0.117. The third-order valence-corrected chi connectivity index (χ3v) is 3.28. The maximum absolute atomic E-state index is 12.0. The van der Waals surface area contributed by atoms with Gasteiger partial charge >= 0.3 is 0 Å². The van der Waals surface area contributed by atoms with Crippen LogP contribution in [0.3, 0.4) is 0 Å². The van der Waals surface area contributed by atoms with Gasteiger partial charge in [-0.1, -0.05) is 32.9 Å². The van der Waals surface area contributed by atoms with Crippen LogP contribution in [0.4, 0.5) is 5.69 Å². The number of carbonyl (C=O) groups excluding carboxylic acids is 1. The van der Waals surface area contributed by atoms with Gasteiger partial charge in [0.25, 0.3) is 0 Å². The minimum atomic E-state index is 0.00794. The Kier molecular flexibility index (Phi) is 6.17. The molecule has 0 saturated heterocycles. The summed E-state index contributed by atoms with van der Waals surface area (Å²) in [5.41, 5.74) is 7.82. The Hall–Kier alpha value is -1.39. The molecular formula is C16H27N3O. The number of rotatable bonds is 7. The maximum atomic E-state index is 12.0. The number of nitrogens with two attached hydrogens (primary N) is 1. The Morgan fingerprint density at radius 3 is 2.70 bits per heavy atom. The summed E-state index contributed by atoms with van der Waals surface area (Å²) in [6, 6.07) is 7.96. The number of hydrogen-bond acceptors (Lipinski definition) is 3. The van der Waals surface area contributed by atoms with Crippen LogP contribution in [0, 0.1) is 5.41 Å². The third kappa shape index (κ3) is 5.72. The number of nitrogens with zero attached hydrogens (tertiary/aromatic N) is 1. The fourth-order valence-corrected chi connectivity index (χ4v) is 2.17. The van der Waals surface area contributed by atoms with Crippen molar-refractivity contribution in [2.75, 3.05) is 32.0 Å². The van der Waals surface area contributed by atoms with Crippen molar-refractivity contribution in [2.45, 2.75) is 27.2 Å². The average Bonchev–Trinajstić information content (AvgIpc) is 2.37. The smallest absolute Gasteiger partial charge is 0.238 e. The molecule has 0 aliphatic heterocycles. The van der Waals surface area contributed by atoms with Crippen molar-refractivity contribution in [3.05, 3.63) is 29.8 Å². The molecule has 0 aliphatic carbocycles. The highest BCUT2D eigenvalue weighted by atomic mass is 16.2. The molecule has 112 valence electrons. The predicted octanol–water partition coefficient (Wildman–Crippen LogP) is 2.10. The van der Waals surface area contributed by atoms with E-state index in [1.807, 2.05) is 30.1 Å². The van der Waals surface area contributed by atoms with Crippen molar-refractivity contribution in [3.8, 4) is 0 Å². The molecule has 1 aromatic rings. The third-order valence-electron chi connectivity index (χ3n) is 3.28. The number of amides is 1. The second-order valence-corrected chi connectivity index (χ2v) is 6.14. The van der Waals surface area contributed by atoms with E-state index in [9.17, 15) is 4.79 Å². The molecule has 0 fully saturated rings. The fraction of sp³-hybridized carbons (Fsp3) is 0.562. The summed E-state index contributed by atoms with van der Waals surface area (Å²) in [5, 5.41) is 2.94. The first-order chi connectivity index (χ1) is 9.36. The van der Waals surface area contributed by atoms with Crippen LogP contribution < -0.4 is 11.1 Å². The summed E-state index contributed by atoms with van der Waals surface area (Å²) in [6.45, 7) is 8.09. The monoisotopic (exact) mass is 277 g/mol. The lowest BCUT2D eigenvalue weighted by Gasteiger charge is -2.28. The second-order valence-electron chi connectivity index (χ2n) is 6.14. The van der Waals surface area contributed by atoms with Crippen molar-refractivity contribution >= 4 is 11.6 Å². The highest BCUT2D eigenvalue weighted by Gasteiger charge is 2.19. The van der Waals surface area contributed by atoms with Gasteiger partial charge in [0.2, 0.25) is 5.91 Å². The molecule has 4 nitrogen and oxygen atoms in total. The molecular weight excluding hydrogens is 250 g/mol. The molecule has 0 atom stereocenters. The van der Waals surface area contributed by atoms with Gasteiger partial charge in [-0.15, -0.1) is 0 Å². The molecule has 0 unspecified atom stereocenters. The Bertz CT molecular complexity index is 443. The van der Waals surface area contributed by atoms with E-state index in [4.69, 9.17) is 5.73 Å². The molecule has 4 heteroatoms. The molecule has 0 saturated carbocycles. The van der Waals surface area contributed by atoms with Crippen molar-refractivity contribution in [1.29, 1.82) is 0 Å². The van der Waals surface area contributed by atoms with E-state index < -0.39 is 0 Å². The molecule has 0 bridgehead atoms. The molecule has 1 rings (SSSR count). The number of nitrogens with one attached hydrogen (secondary N) is 1. The van der Waals surface area contributed by atoms with Gasteiger partial charge in [-0.3, -0.25) is 9.69 Å². The largest absolute Gasteiger partial charge is 0.330 e. The van der Waals surface area contributed by atoms with Gasteiger partial charge in [0, 0.05) is 12.2 Å². The summed E-state index contributed by atoms with van der Waals surface area (Å²) in [7, 11) is 1.94. The second kappa shape index (κ2) is 7.41. The van der Waals surface area contributed by atoms with Gasteiger partial charge < -0.3 is 11.1 Å². The number of aryl methyl sites for hydroxylation is 1. The van der Waals surface area contributed by atoms with Crippen molar-refractivity contribution in [1.82, 2.24) is 4.90 Å². The van der Waals surface area contributed by atoms with E-state index in [0.29, 0.717) is 13.1 Å². The number of hydrogen-bond donors (Lipinski definition) is 2. The van der Waals surface area contributed by atoms with Gasteiger partial charge in [0.05, 0.1) is 6.54 Å². The lowest BCUT2D eigenvalue weighted by Crippen LogP contribution is -2.40. The maximum Gasteiger partial charge on any atom is 0.238 e. The van der Waals surface area contributed by atoms with Gasteiger partial charge in [-0.2, -0.15) is 0 Å². The van der Waals surface area contributed by atoms with E-state index in [0.717, 1.165) is 18.7 Å². The van der Waals surface area contributed by atoms with Gasteiger partial charge in [-0.25, -0.2) is 0 Å². The molecule has 1 aromatic carbocycles. The van der Waals surface area contributed by atoms with E-state index in [1.54, 1.807) is 0 Å². The normalized spacial score (nSPS) is 11.7. The molecule has 0 spiro atoms. The van der Waals surface area contributed by atoms with E-state index in [2.05, 4.69) is 32.2 Å².